The number of amides is 2. The van der Waals surface area contributed by atoms with Crippen LogP contribution in [0.4, 0.5) is 0 Å². The van der Waals surface area contributed by atoms with Gasteiger partial charge in [-0.1, -0.05) is 0 Å². The summed E-state index contributed by atoms with van der Waals surface area (Å²) in [5.74, 6) is -2.26. The Kier molecular flexibility index (Phi) is 9.13. The molecular weight excluding hydrogens is 290 g/mol. The molecule has 0 rings (SSSR count). The van der Waals surface area contributed by atoms with Crippen LogP contribution in [0.25, 0.3) is 0 Å². The van der Waals surface area contributed by atoms with Gasteiger partial charge in [0.2, 0.25) is 11.8 Å². The first-order valence-electron chi connectivity index (χ1n) is 5.64. The zero-order chi connectivity index (χ0) is 15.5. The van der Waals surface area contributed by atoms with E-state index in [1.807, 2.05) is 0 Å². The van der Waals surface area contributed by atoms with Crippen LogP contribution in [-0.4, -0.2) is 53.9 Å². The van der Waals surface area contributed by atoms with Crippen molar-refractivity contribution in [3.05, 3.63) is 0 Å². The Hall–Kier alpha value is -1.81. The highest BCUT2D eigenvalue weighted by molar-refractivity contribution is 7.80. The largest absolute Gasteiger partial charge is 0.480 e. The highest BCUT2D eigenvalue weighted by Gasteiger charge is 2.20. The van der Waals surface area contributed by atoms with Gasteiger partial charge in [-0.25, -0.2) is 0 Å². The molecular formula is C10H17N3O6S. The summed E-state index contributed by atoms with van der Waals surface area (Å²) in [5, 5.41) is 13.2. The summed E-state index contributed by atoms with van der Waals surface area (Å²) in [4.78, 5) is 43.4. The van der Waals surface area contributed by atoms with Gasteiger partial charge < -0.3 is 26.2 Å². The van der Waals surface area contributed by atoms with Crippen LogP contribution in [0, 0.1) is 0 Å². The average molecular weight is 307 g/mol. The molecule has 5 N–H and O–H groups in total. The number of hydrogen-bond donors (Lipinski definition) is 5. The van der Waals surface area contributed by atoms with Crippen molar-refractivity contribution >= 4 is 36.9 Å². The van der Waals surface area contributed by atoms with Crippen molar-refractivity contribution in [3.63, 3.8) is 0 Å². The SMILES string of the molecule is N[C@H](CCC(=O)N[C@H](CS)C(=O)NCOC=O)C(=O)O. The van der Waals surface area contributed by atoms with Gasteiger partial charge in [-0.05, 0) is 6.42 Å². The van der Waals surface area contributed by atoms with E-state index in [9.17, 15) is 19.2 Å². The lowest BCUT2D eigenvalue weighted by Gasteiger charge is -2.16. The van der Waals surface area contributed by atoms with Crippen LogP contribution in [0.5, 0.6) is 0 Å². The topological polar surface area (TPSA) is 148 Å². The number of aliphatic carboxylic acids is 1. The molecule has 9 nitrogen and oxygen atoms in total. The molecule has 0 aliphatic carbocycles. The zero-order valence-electron chi connectivity index (χ0n) is 10.6. The second kappa shape index (κ2) is 10.0. The molecule has 0 heterocycles. The van der Waals surface area contributed by atoms with Gasteiger partial charge >= 0.3 is 5.97 Å². The molecule has 0 aromatic carbocycles. The summed E-state index contributed by atoms with van der Waals surface area (Å²) in [7, 11) is 0. The molecule has 0 saturated carbocycles. The summed E-state index contributed by atoms with van der Waals surface area (Å²) >= 11 is 3.91. The summed E-state index contributed by atoms with van der Waals surface area (Å²) in [6.45, 7) is -0.145. The minimum absolute atomic E-state index is 0.0314. The minimum Gasteiger partial charge on any atom is -0.480 e. The molecule has 10 heteroatoms. The Labute approximate surface area is 120 Å². The Balaban J connectivity index is 4.14. The molecule has 0 radical (unpaired) electrons. The normalized spacial score (nSPS) is 12.9. The molecule has 0 saturated heterocycles. The summed E-state index contributed by atoms with van der Waals surface area (Å²) < 4.78 is 4.28. The third-order valence-corrected chi connectivity index (χ3v) is 2.60. The number of ether oxygens (including phenoxy) is 1. The first-order valence-corrected chi connectivity index (χ1v) is 6.27. The van der Waals surface area contributed by atoms with Crippen molar-refractivity contribution in [2.45, 2.75) is 24.9 Å². The summed E-state index contributed by atoms with van der Waals surface area (Å²) in [5.41, 5.74) is 5.25. The lowest BCUT2D eigenvalue weighted by atomic mass is 10.1. The van der Waals surface area contributed by atoms with E-state index in [1.165, 1.54) is 0 Å². The van der Waals surface area contributed by atoms with E-state index >= 15 is 0 Å². The second-order valence-corrected chi connectivity index (χ2v) is 4.10. The van der Waals surface area contributed by atoms with Gasteiger partial charge in [0.25, 0.3) is 6.47 Å². The van der Waals surface area contributed by atoms with Crippen LogP contribution in [0.2, 0.25) is 0 Å². The smallest absolute Gasteiger partial charge is 0.320 e. The number of carbonyl (C=O) groups is 4. The highest BCUT2D eigenvalue weighted by Crippen LogP contribution is 1.97. The van der Waals surface area contributed by atoms with Crippen LogP contribution < -0.4 is 16.4 Å². The molecule has 0 spiro atoms. The van der Waals surface area contributed by atoms with Crippen molar-refractivity contribution in [2.75, 3.05) is 12.5 Å². The molecule has 0 bridgehead atoms. The molecule has 2 atom stereocenters. The first-order chi connectivity index (χ1) is 9.42. The van der Waals surface area contributed by atoms with Gasteiger partial charge in [0.05, 0.1) is 0 Å². The Morgan fingerprint density at radius 3 is 2.55 bits per heavy atom. The fourth-order valence-electron chi connectivity index (χ4n) is 1.14. The molecule has 0 unspecified atom stereocenters. The standard InChI is InChI=1S/C10H17N3O6S/c11-6(10(17)18)1-2-8(15)13-7(3-20)9(16)12-4-19-5-14/h5-7,20H,1-4,11H2,(H,12,16)(H,13,15)(H,17,18)/t6-,7-/m1/s1. The minimum atomic E-state index is -1.20. The molecule has 0 aromatic rings. The van der Waals surface area contributed by atoms with Crippen molar-refractivity contribution in [1.82, 2.24) is 10.6 Å². The van der Waals surface area contributed by atoms with Crippen LogP contribution in [0.15, 0.2) is 0 Å². The van der Waals surface area contributed by atoms with Crippen LogP contribution in [0.1, 0.15) is 12.8 Å². The van der Waals surface area contributed by atoms with E-state index < -0.39 is 29.9 Å². The Bertz CT molecular complexity index is 365. The van der Waals surface area contributed by atoms with E-state index in [0.29, 0.717) is 0 Å². The van der Waals surface area contributed by atoms with Gasteiger partial charge in [-0.2, -0.15) is 12.6 Å². The number of thiol groups is 1. The second-order valence-electron chi connectivity index (χ2n) is 3.73. The zero-order valence-corrected chi connectivity index (χ0v) is 11.5. The van der Waals surface area contributed by atoms with Crippen LogP contribution >= 0.6 is 12.6 Å². The first kappa shape index (κ1) is 18.2. The van der Waals surface area contributed by atoms with E-state index in [1.54, 1.807) is 0 Å². The van der Waals surface area contributed by atoms with E-state index in [4.69, 9.17) is 10.8 Å². The number of nitrogens with two attached hydrogens (primary N) is 1. The number of carbonyl (C=O) groups excluding carboxylic acids is 3. The average Bonchev–Trinajstić information content (AvgIpc) is 2.41. The van der Waals surface area contributed by atoms with Crippen LogP contribution in [-0.2, 0) is 23.9 Å². The Morgan fingerprint density at radius 1 is 1.40 bits per heavy atom. The number of rotatable bonds is 10. The van der Waals surface area contributed by atoms with Crippen molar-refractivity contribution in [3.8, 4) is 0 Å². The van der Waals surface area contributed by atoms with Gasteiger partial charge in [0.15, 0.2) is 6.73 Å². The van der Waals surface area contributed by atoms with Gasteiger partial charge in [0, 0.05) is 12.2 Å². The van der Waals surface area contributed by atoms with Gasteiger partial charge in [-0.15, -0.1) is 0 Å². The van der Waals surface area contributed by atoms with Crippen molar-refractivity contribution in [2.24, 2.45) is 5.73 Å². The highest BCUT2D eigenvalue weighted by atomic mass is 32.1. The molecule has 114 valence electrons. The van der Waals surface area contributed by atoms with Crippen molar-refractivity contribution < 1.29 is 29.0 Å². The number of carboxylic acid groups (broad SMARTS) is 1. The summed E-state index contributed by atoms with van der Waals surface area (Å²) in [6, 6.07) is -2.05. The van der Waals surface area contributed by atoms with E-state index in [0.717, 1.165) is 0 Å². The van der Waals surface area contributed by atoms with Crippen LogP contribution in [0.3, 0.4) is 0 Å². The van der Waals surface area contributed by atoms with Gasteiger partial charge in [0.1, 0.15) is 12.1 Å². The lowest BCUT2D eigenvalue weighted by molar-refractivity contribution is -0.139. The number of nitrogens with one attached hydrogen (secondary N) is 2. The third kappa shape index (κ3) is 7.59. The molecule has 20 heavy (non-hydrogen) atoms. The number of carboxylic acids is 1. The fraction of sp³-hybridized carbons (Fsp3) is 0.600. The molecule has 2 amide bonds. The maximum absolute atomic E-state index is 11.5. The number of hydrogen-bond acceptors (Lipinski definition) is 7. The lowest BCUT2D eigenvalue weighted by Crippen LogP contribution is -2.48. The predicted molar refractivity (Wildman–Crippen MR) is 70.8 cm³/mol. The maximum atomic E-state index is 11.5. The van der Waals surface area contributed by atoms with Gasteiger partial charge in [-0.3, -0.25) is 19.2 Å². The molecule has 0 fully saturated rings. The quantitative estimate of drug-likeness (QED) is 0.134. The molecule has 0 aliphatic rings. The maximum Gasteiger partial charge on any atom is 0.320 e. The molecule has 0 aromatic heterocycles. The fourth-order valence-corrected chi connectivity index (χ4v) is 1.40. The third-order valence-electron chi connectivity index (χ3n) is 2.23. The van der Waals surface area contributed by atoms with E-state index in [2.05, 4.69) is 28.0 Å². The summed E-state index contributed by atoms with van der Waals surface area (Å²) in [6.07, 6.45) is -0.174. The predicted octanol–water partition coefficient (Wildman–Crippen LogP) is -2.16. The Morgan fingerprint density at radius 2 is 2.05 bits per heavy atom. The van der Waals surface area contributed by atoms with E-state index in [-0.39, 0.29) is 31.8 Å². The monoisotopic (exact) mass is 307 g/mol. The molecule has 0 aliphatic heterocycles. The van der Waals surface area contributed by atoms with Crippen molar-refractivity contribution in [1.29, 1.82) is 0 Å².